The van der Waals surface area contributed by atoms with Crippen molar-refractivity contribution in [1.82, 2.24) is 0 Å². The molecule has 0 saturated heterocycles. The van der Waals surface area contributed by atoms with Gasteiger partial charge in [-0.05, 0) is 0 Å². The van der Waals surface area contributed by atoms with E-state index >= 15 is 0 Å². The Kier molecular flexibility index (Phi) is 2.06. The number of benzene rings is 1. The van der Waals surface area contributed by atoms with E-state index in [4.69, 9.17) is 23.1 Å². The summed E-state index contributed by atoms with van der Waals surface area (Å²) in [5, 5.41) is -0.508. The Balaban J connectivity index is 3.60. The maximum Gasteiger partial charge on any atom is 0.198 e. The molecule has 0 aliphatic rings. The van der Waals surface area contributed by atoms with E-state index in [9.17, 15) is 13.2 Å². The van der Waals surface area contributed by atoms with Crippen LogP contribution < -0.4 is 11.5 Å². The first-order valence-electron chi connectivity index (χ1n) is 2.83. The first-order valence-corrected chi connectivity index (χ1v) is 3.21. The summed E-state index contributed by atoms with van der Waals surface area (Å²) in [7, 11) is 0. The fourth-order valence-corrected chi connectivity index (χ4v) is 0.837. The summed E-state index contributed by atoms with van der Waals surface area (Å²) in [4.78, 5) is 0. The van der Waals surface area contributed by atoms with Gasteiger partial charge in [-0.1, -0.05) is 11.6 Å². The third kappa shape index (κ3) is 1.06. The van der Waals surface area contributed by atoms with E-state index in [2.05, 4.69) is 0 Å². The van der Waals surface area contributed by atoms with Crippen LogP contribution in [0.4, 0.5) is 24.5 Å². The van der Waals surface area contributed by atoms with E-state index in [0.717, 1.165) is 0 Å². The number of rotatable bonds is 0. The van der Waals surface area contributed by atoms with E-state index in [1.165, 1.54) is 0 Å². The molecular formula is C6H4ClF3N2. The zero-order valence-corrected chi connectivity index (χ0v) is 6.42. The highest BCUT2D eigenvalue weighted by Crippen LogP contribution is 2.32. The molecule has 0 bridgehead atoms. The molecular weight excluding hydrogens is 193 g/mol. The van der Waals surface area contributed by atoms with Gasteiger partial charge in [-0.15, -0.1) is 0 Å². The van der Waals surface area contributed by atoms with E-state index in [0.29, 0.717) is 0 Å². The van der Waals surface area contributed by atoms with Crippen LogP contribution in [0.2, 0.25) is 5.02 Å². The number of anilines is 2. The number of hydrogen-bond acceptors (Lipinski definition) is 2. The second-order valence-corrected chi connectivity index (χ2v) is 2.46. The number of nitrogens with two attached hydrogens (primary N) is 2. The number of nitrogen functional groups attached to an aromatic ring is 2. The lowest BCUT2D eigenvalue weighted by molar-refractivity contribution is 0.452. The molecule has 0 saturated carbocycles. The first kappa shape index (κ1) is 8.99. The molecule has 0 atom stereocenters. The summed E-state index contributed by atoms with van der Waals surface area (Å²) in [6, 6.07) is 0. The Morgan fingerprint density at radius 1 is 0.833 bits per heavy atom. The number of hydrogen-bond donors (Lipinski definition) is 2. The topological polar surface area (TPSA) is 52.0 Å². The molecule has 1 aromatic rings. The molecule has 0 aromatic heterocycles. The van der Waals surface area contributed by atoms with E-state index in [1.807, 2.05) is 0 Å². The molecule has 0 spiro atoms. The van der Waals surface area contributed by atoms with Crippen LogP contribution in [0.5, 0.6) is 0 Å². The fourth-order valence-electron chi connectivity index (χ4n) is 0.671. The van der Waals surface area contributed by atoms with E-state index in [-0.39, 0.29) is 0 Å². The Morgan fingerprint density at radius 3 is 1.50 bits per heavy atom. The van der Waals surface area contributed by atoms with E-state index in [1.54, 1.807) is 0 Å². The van der Waals surface area contributed by atoms with Gasteiger partial charge in [0.15, 0.2) is 17.5 Å². The van der Waals surface area contributed by atoms with Gasteiger partial charge in [0.25, 0.3) is 0 Å². The van der Waals surface area contributed by atoms with Gasteiger partial charge in [0.1, 0.15) is 0 Å². The maximum absolute atomic E-state index is 12.6. The smallest absolute Gasteiger partial charge is 0.198 e. The molecule has 0 aliphatic heterocycles. The summed E-state index contributed by atoms with van der Waals surface area (Å²) >= 11 is 5.26. The predicted molar refractivity (Wildman–Crippen MR) is 40.2 cm³/mol. The third-order valence-corrected chi connectivity index (χ3v) is 1.74. The summed E-state index contributed by atoms with van der Waals surface area (Å²) < 4.78 is 37.6. The first-order chi connectivity index (χ1) is 5.46. The molecule has 0 amide bonds. The third-order valence-electron chi connectivity index (χ3n) is 1.33. The van der Waals surface area contributed by atoms with E-state index < -0.39 is 33.8 Å². The highest BCUT2D eigenvalue weighted by Gasteiger charge is 2.20. The number of halogens is 4. The van der Waals surface area contributed by atoms with Gasteiger partial charge in [-0.3, -0.25) is 0 Å². The van der Waals surface area contributed by atoms with Crippen LogP contribution in [0.15, 0.2) is 0 Å². The van der Waals surface area contributed by atoms with Crippen molar-refractivity contribution in [1.29, 1.82) is 0 Å². The van der Waals surface area contributed by atoms with Crippen LogP contribution in [0, 0.1) is 17.5 Å². The Bertz CT molecular complexity index is 235. The van der Waals surface area contributed by atoms with Crippen molar-refractivity contribution in [3.63, 3.8) is 0 Å². The molecule has 1 aromatic carbocycles. The van der Waals surface area contributed by atoms with Gasteiger partial charge >= 0.3 is 0 Å². The van der Waals surface area contributed by atoms with Crippen LogP contribution in [-0.4, -0.2) is 0 Å². The van der Waals surface area contributed by atoms with Crippen molar-refractivity contribution >= 4 is 23.0 Å². The quantitative estimate of drug-likeness (QED) is 0.378. The SMILES string of the molecule is Nc1c(F)c(F)c(F)c(N)c1Cl. The Hall–Kier alpha value is -1.10. The minimum absolute atomic E-state index is 0.508. The van der Waals surface area contributed by atoms with Crippen molar-refractivity contribution in [3.05, 3.63) is 22.5 Å². The van der Waals surface area contributed by atoms with Gasteiger partial charge in [0, 0.05) is 0 Å². The molecule has 12 heavy (non-hydrogen) atoms. The van der Waals surface area contributed by atoms with Crippen molar-refractivity contribution < 1.29 is 13.2 Å². The van der Waals surface area contributed by atoms with Gasteiger partial charge in [-0.2, -0.15) is 0 Å². The van der Waals surface area contributed by atoms with Crippen molar-refractivity contribution in [2.24, 2.45) is 0 Å². The summed E-state index contributed by atoms with van der Waals surface area (Å²) in [6.07, 6.45) is 0. The summed E-state index contributed by atoms with van der Waals surface area (Å²) in [5.41, 5.74) is 8.54. The van der Waals surface area contributed by atoms with Crippen molar-refractivity contribution in [2.75, 3.05) is 11.5 Å². The van der Waals surface area contributed by atoms with Gasteiger partial charge < -0.3 is 11.5 Å². The largest absolute Gasteiger partial charge is 0.395 e. The molecule has 1 rings (SSSR count). The molecule has 0 fully saturated rings. The predicted octanol–water partition coefficient (Wildman–Crippen LogP) is 1.92. The zero-order chi connectivity index (χ0) is 9.46. The highest BCUT2D eigenvalue weighted by molar-refractivity contribution is 6.35. The minimum Gasteiger partial charge on any atom is -0.395 e. The molecule has 66 valence electrons. The molecule has 0 radical (unpaired) electrons. The molecule has 2 nitrogen and oxygen atoms in total. The Morgan fingerprint density at radius 2 is 1.17 bits per heavy atom. The summed E-state index contributed by atoms with van der Waals surface area (Å²) in [6.45, 7) is 0. The second-order valence-electron chi connectivity index (χ2n) is 2.08. The lowest BCUT2D eigenvalue weighted by atomic mass is 10.2. The monoisotopic (exact) mass is 196 g/mol. The minimum atomic E-state index is -1.71. The van der Waals surface area contributed by atoms with Crippen LogP contribution >= 0.6 is 11.6 Å². The highest BCUT2D eigenvalue weighted by atomic mass is 35.5. The van der Waals surface area contributed by atoms with Crippen molar-refractivity contribution in [2.45, 2.75) is 0 Å². The Labute approximate surface area is 70.9 Å². The lowest BCUT2D eigenvalue weighted by Crippen LogP contribution is -2.04. The molecule has 0 unspecified atom stereocenters. The lowest BCUT2D eigenvalue weighted by Gasteiger charge is -2.05. The van der Waals surface area contributed by atoms with Crippen LogP contribution in [0.25, 0.3) is 0 Å². The van der Waals surface area contributed by atoms with Crippen LogP contribution in [0.1, 0.15) is 0 Å². The van der Waals surface area contributed by atoms with Gasteiger partial charge in [-0.25, -0.2) is 13.2 Å². The van der Waals surface area contributed by atoms with Crippen LogP contribution in [-0.2, 0) is 0 Å². The summed E-state index contributed by atoms with van der Waals surface area (Å²) in [5.74, 6) is -4.76. The fraction of sp³-hybridized carbons (Fsp3) is 0. The second kappa shape index (κ2) is 2.75. The molecule has 0 aliphatic carbocycles. The van der Waals surface area contributed by atoms with Gasteiger partial charge in [0.2, 0.25) is 0 Å². The normalized spacial score (nSPS) is 10.3. The van der Waals surface area contributed by atoms with Crippen molar-refractivity contribution in [3.8, 4) is 0 Å². The molecule has 6 heteroatoms. The molecule has 4 N–H and O–H groups in total. The average Bonchev–Trinajstić information content (AvgIpc) is 2.08. The average molecular weight is 197 g/mol. The van der Waals surface area contributed by atoms with Crippen LogP contribution in [0.3, 0.4) is 0 Å². The van der Waals surface area contributed by atoms with Gasteiger partial charge in [0.05, 0.1) is 16.4 Å². The standard InChI is InChI=1S/C6H4ClF3N2/c7-1-5(11)3(9)2(8)4(10)6(1)12/h11-12H2. The molecule has 0 heterocycles. The zero-order valence-electron chi connectivity index (χ0n) is 5.67. The maximum atomic E-state index is 12.6.